The first-order chi connectivity index (χ1) is 22.2. The molecule has 0 atom stereocenters. The van der Waals surface area contributed by atoms with Gasteiger partial charge in [0, 0.05) is 46.8 Å². The minimum atomic E-state index is -0.250. The summed E-state index contributed by atoms with van der Waals surface area (Å²) in [5.74, 6) is 1.14. The summed E-state index contributed by atoms with van der Waals surface area (Å²) in [6.45, 7) is 11.0. The van der Waals surface area contributed by atoms with Crippen molar-refractivity contribution in [3.05, 3.63) is 113 Å². The number of aromatic nitrogens is 1. The summed E-state index contributed by atoms with van der Waals surface area (Å²) in [4.78, 5) is 27.8. The third kappa shape index (κ3) is 7.08. The van der Waals surface area contributed by atoms with Crippen molar-refractivity contribution < 1.29 is 14.3 Å². The maximum atomic E-state index is 13.3. The van der Waals surface area contributed by atoms with E-state index in [-0.39, 0.29) is 18.0 Å². The highest BCUT2D eigenvalue weighted by Crippen LogP contribution is 2.31. The molecule has 6 rings (SSSR count). The zero-order valence-corrected chi connectivity index (χ0v) is 26.9. The van der Waals surface area contributed by atoms with Gasteiger partial charge in [0.1, 0.15) is 11.5 Å². The molecule has 8 heteroatoms. The van der Waals surface area contributed by atoms with Crippen LogP contribution in [0.3, 0.4) is 0 Å². The van der Waals surface area contributed by atoms with Gasteiger partial charge in [0.05, 0.1) is 5.52 Å². The number of nitrogens with zero attached hydrogens (tertiary/aromatic N) is 2. The Morgan fingerprint density at radius 1 is 0.826 bits per heavy atom. The lowest BCUT2D eigenvalue weighted by Crippen LogP contribution is -2.34. The quantitative estimate of drug-likeness (QED) is 0.155. The van der Waals surface area contributed by atoms with Crippen molar-refractivity contribution in [2.75, 3.05) is 23.7 Å². The Bertz CT molecular complexity index is 1830. The normalized spacial score (nSPS) is 13.2. The van der Waals surface area contributed by atoms with E-state index in [1.807, 2.05) is 64.1 Å². The molecule has 0 aliphatic carbocycles. The molecule has 2 heterocycles. The molecule has 8 nitrogen and oxygen atoms in total. The molecule has 46 heavy (non-hydrogen) atoms. The molecule has 0 spiro atoms. The number of hydrogen-bond acceptors (Lipinski definition) is 4. The van der Waals surface area contributed by atoms with Gasteiger partial charge in [-0.1, -0.05) is 18.2 Å². The molecule has 4 aromatic carbocycles. The smallest absolute Gasteiger partial charge is 0.319 e. The summed E-state index contributed by atoms with van der Waals surface area (Å²) < 4.78 is 8.31. The van der Waals surface area contributed by atoms with Crippen molar-refractivity contribution in [1.82, 2.24) is 14.8 Å². The van der Waals surface area contributed by atoms with Crippen LogP contribution in [0.25, 0.3) is 16.6 Å². The number of benzene rings is 4. The van der Waals surface area contributed by atoms with Crippen molar-refractivity contribution in [1.29, 1.82) is 0 Å². The van der Waals surface area contributed by atoms with Crippen molar-refractivity contribution in [2.45, 2.75) is 53.1 Å². The Kier molecular flexibility index (Phi) is 9.08. The molecule has 0 unspecified atom stereocenters. The van der Waals surface area contributed by atoms with Crippen LogP contribution in [-0.4, -0.2) is 40.5 Å². The van der Waals surface area contributed by atoms with Crippen LogP contribution in [0.1, 0.15) is 53.7 Å². The lowest BCUT2D eigenvalue weighted by molar-refractivity contribution is 0.102. The Morgan fingerprint density at radius 3 is 2.17 bits per heavy atom. The predicted octanol–water partition coefficient (Wildman–Crippen LogP) is 8.42. The molecule has 1 aromatic heterocycles. The summed E-state index contributed by atoms with van der Waals surface area (Å²) in [6, 6.07) is 27.1. The van der Waals surface area contributed by atoms with Crippen LogP contribution >= 0.6 is 0 Å². The Balaban J connectivity index is 1.12. The number of anilines is 2. The minimum absolute atomic E-state index is 0.0524. The average molecular weight is 616 g/mol. The Morgan fingerprint density at radius 2 is 1.50 bits per heavy atom. The highest BCUT2D eigenvalue weighted by molar-refractivity contribution is 6.05. The number of carbonyl (C=O) groups excluding carboxylic acids is 2. The molecule has 0 radical (unpaired) electrons. The summed E-state index contributed by atoms with van der Waals surface area (Å²) in [5, 5.41) is 9.98. The van der Waals surface area contributed by atoms with E-state index in [0.29, 0.717) is 22.7 Å². The van der Waals surface area contributed by atoms with Crippen LogP contribution in [0.4, 0.5) is 16.2 Å². The van der Waals surface area contributed by atoms with E-state index in [4.69, 9.17) is 4.74 Å². The van der Waals surface area contributed by atoms with Crippen molar-refractivity contribution >= 4 is 34.2 Å². The molecule has 3 amide bonds. The van der Waals surface area contributed by atoms with Gasteiger partial charge in [0.25, 0.3) is 5.91 Å². The zero-order chi connectivity index (χ0) is 32.2. The average Bonchev–Trinajstić information content (AvgIpc) is 3.68. The van der Waals surface area contributed by atoms with Crippen LogP contribution in [0.2, 0.25) is 0 Å². The molecule has 1 aliphatic rings. The number of nitrogens with one attached hydrogen (secondary N) is 3. The summed E-state index contributed by atoms with van der Waals surface area (Å²) in [6.07, 6.45) is 4.79. The monoisotopic (exact) mass is 615 g/mol. The molecule has 236 valence electrons. The number of amides is 3. The number of likely N-dealkylation sites (tertiary alicyclic amines) is 1. The number of hydrogen-bond donors (Lipinski definition) is 3. The zero-order valence-electron chi connectivity index (χ0n) is 26.9. The maximum absolute atomic E-state index is 13.3. The number of rotatable bonds is 9. The first kappa shape index (κ1) is 30.9. The number of ether oxygens (including phenoxy) is 1. The first-order valence-electron chi connectivity index (χ1n) is 15.9. The molecule has 0 bridgehead atoms. The first-order valence-corrected chi connectivity index (χ1v) is 15.9. The van der Waals surface area contributed by atoms with Crippen molar-refractivity contribution in [3.8, 4) is 17.2 Å². The van der Waals surface area contributed by atoms with Crippen LogP contribution in [0, 0.1) is 13.8 Å². The van der Waals surface area contributed by atoms with Gasteiger partial charge in [0.15, 0.2) is 0 Å². The van der Waals surface area contributed by atoms with E-state index in [1.54, 1.807) is 24.3 Å². The largest absolute Gasteiger partial charge is 0.457 e. The van der Waals surface area contributed by atoms with Crippen LogP contribution in [-0.2, 0) is 6.54 Å². The number of fused-ring (bicyclic) bond motifs is 1. The number of aryl methyl sites for hydroxylation is 2. The van der Waals surface area contributed by atoms with Crippen LogP contribution in [0.5, 0.6) is 11.5 Å². The fourth-order valence-electron chi connectivity index (χ4n) is 6.08. The van der Waals surface area contributed by atoms with Gasteiger partial charge in [-0.3, -0.25) is 9.69 Å². The van der Waals surface area contributed by atoms with Gasteiger partial charge < -0.3 is 25.3 Å². The van der Waals surface area contributed by atoms with Gasteiger partial charge in [-0.25, -0.2) is 4.79 Å². The molecular formula is C38H41N5O3. The predicted molar refractivity (Wildman–Crippen MR) is 185 cm³/mol. The van der Waals surface area contributed by atoms with E-state index in [1.165, 1.54) is 29.3 Å². The molecule has 1 aliphatic heterocycles. The fraction of sp³-hybridized carbons (Fsp3) is 0.263. The maximum Gasteiger partial charge on any atom is 0.319 e. The molecular weight excluding hydrogens is 574 g/mol. The Labute approximate surface area is 270 Å². The van der Waals surface area contributed by atoms with E-state index in [2.05, 4.69) is 55.9 Å². The molecule has 0 saturated carbocycles. The highest BCUT2D eigenvalue weighted by Gasteiger charge is 2.17. The second kappa shape index (κ2) is 13.5. The summed E-state index contributed by atoms with van der Waals surface area (Å²) in [7, 11) is 0. The second-order valence-electron chi connectivity index (χ2n) is 12.3. The van der Waals surface area contributed by atoms with Gasteiger partial charge in [0.2, 0.25) is 0 Å². The molecule has 1 fully saturated rings. The minimum Gasteiger partial charge on any atom is -0.457 e. The molecule has 1 saturated heterocycles. The highest BCUT2D eigenvalue weighted by atomic mass is 16.5. The summed E-state index contributed by atoms with van der Waals surface area (Å²) >= 11 is 0. The van der Waals surface area contributed by atoms with Gasteiger partial charge >= 0.3 is 6.03 Å². The third-order valence-electron chi connectivity index (χ3n) is 8.31. The second-order valence-corrected chi connectivity index (χ2v) is 12.3. The third-order valence-corrected chi connectivity index (χ3v) is 8.31. The number of carbonyl (C=O) groups is 2. The van der Waals surface area contributed by atoms with E-state index >= 15 is 0 Å². The van der Waals surface area contributed by atoms with Gasteiger partial charge in [-0.15, -0.1) is 0 Å². The fourth-order valence-corrected chi connectivity index (χ4v) is 6.08. The van der Waals surface area contributed by atoms with Gasteiger partial charge in [-0.05, 0) is 137 Å². The number of urea groups is 1. The molecule has 3 N–H and O–H groups in total. The number of para-hydroxylation sites is 1. The van der Waals surface area contributed by atoms with Crippen LogP contribution in [0.15, 0.2) is 91.1 Å². The Hall–Kier alpha value is -5.08. The summed E-state index contributed by atoms with van der Waals surface area (Å²) in [5.41, 5.74) is 7.35. The SMILES string of the molecule is Cc1cc(Oc2ccc(NC(=O)NC(C)C)cc2)cc(C)c1NC(=O)c1ccc(-n2cc(CN3CCCC3)c3ccccc32)cc1. The van der Waals surface area contributed by atoms with Crippen LogP contribution < -0.4 is 20.7 Å². The van der Waals surface area contributed by atoms with E-state index in [9.17, 15) is 9.59 Å². The van der Waals surface area contributed by atoms with E-state index in [0.717, 1.165) is 42.1 Å². The van der Waals surface area contributed by atoms with Crippen molar-refractivity contribution in [3.63, 3.8) is 0 Å². The van der Waals surface area contributed by atoms with Gasteiger partial charge in [-0.2, -0.15) is 0 Å². The topological polar surface area (TPSA) is 87.6 Å². The molecule has 5 aromatic rings. The lowest BCUT2D eigenvalue weighted by atomic mass is 10.1. The van der Waals surface area contributed by atoms with Crippen molar-refractivity contribution in [2.24, 2.45) is 0 Å². The lowest BCUT2D eigenvalue weighted by Gasteiger charge is -2.15. The van der Waals surface area contributed by atoms with E-state index < -0.39 is 0 Å². The standard InChI is InChI=1S/C38H41N5O3/c1-25(2)39-38(45)40-30-13-17-32(18-14-30)46-33-21-26(3)36(27(4)22-33)41-37(44)28-11-15-31(16-12-28)43-24-29(23-42-19-7-8-20-42)34-9-5-6-10-35(34)43/h5-6,9-18,21-22,24-25H,7-8,19-20,23H2,1-4H3,(H,41,44)(H2,39,40,45).